The largest absolute Gasteiger partial charge is 0.0760 e. The lowest BCUT2D eigenvalue weighted by Crippen LogP contribution is -2.09. The minimum absolute atomic E-state index is 0.326. The van der Waals surface area contributed by atoms with Crippen LogP contribution in [0.4, 0.5) is 0 Å². The molecule has 0 saturated carbocycles. The van der Waals surface area contributed by atoms with Crippen molar-refractivity contribution in [1.82, 2.24) is 0 Å². The van der Waals surface area contributed by atoms with E-state index >= 15 is 0 Å². The van der Waals surface area contributed by atoms with Crippen LogP contribution in [0.5, 0.6) is 0 Å². The summed E-state index contributed by atoms with van der Waals surface area (Å²) in [5.74, 6) is 0.326. The zero-order valence-corrected chi connectivity index (χ0v) is 39.5. The Hall–Kier alpha value is -7.80. The van der Waals surface area contributed by atoms with Crippen LogP contribution in [0.1, 0.15) is 56.0 Å². The maximum atomic E-state index is 2.60. The van der Waals surface area contributed by atoms with Gasteiger partial charge in [-0.05, 0) is 236 Å². The highest BCUT2D eigenvalue weighted by Gasteiger charge is 2.30. The molecular formula is C68H50. The van der Waals surface area contributed by atoms with Gasteiger partial charge in [0, 0.05) is 5.92 Å². The zero-order chi connectivity index (χ0) is 45.7. The smallest absolute Gasteiger partial charge is 0.00673 e. The SMILES string of the molecule is Cc1cc2c3cc(-c4c(C)cccc4C)ccc3c3cc4c(-c5cccc6ccccc56)c5c(c(-c6ccccc6)c4c(c1)c23)c1cc2c(c3ccc(C)c5c31)CC(c1c(C)cccc1C)C=C2. The second-order valence-corrected chi connectivity index (χ2v) is 20.1. The van der Waals surface area contributed by atoms with Crippen molar-refractivity contribution in [3.63, 3.8) is 0 Å². The van der Waals surface area contributed by atoms with E-state index in [0.29, 0.717) is 5.92 Å². The molecule has 0 spiro atoms. The third kappa shape index (κ3) is 5.38. The summed E-state index contributed by atoms with van der Waals surface area (Å²) in [7, 11) is 0. The molecule has 1 unspecified atom stereocenters. The van der Waals surface area contributed by atoms with Crippen LogP contribution < -0.4 is 0 Å². The van der Waals surface area contributed by atoms with Gasteiger partial charge in [-0.2, -0.15) is 0 Å². The molecule has 0 N–H and O–H groups in total. The normalized spacial score (nSPS) is 14.1. The first kappa shape index (κ1) is 39.4. The molecule has 0 saturated heterocycles. The molecule has 68 heavy (non-hydrogen) atoms. The summed E-state index contributed by atoms with van der Waals surface area (Å²) in [6.45, 7) is 13.7. The van der Waals surface area contributed by atoms with Crippen molar-refractivity contribution < 1.29 is 0 Å². The van der Waals surface area contributed by atoms with E-state index in [1.807, 2.05) is 0 Å². The molecule has 322 valence electrons. The molecule has 0 heterocycles. The van der Waals surface area contributed by atoms with E-state index in [9.17, 15) is 0 Å². The van der Waals surface area contributed by atoms with Crippen LogP contribution in [0.15, 0.2) is 170 Å². The van der Waals surface area contributed by atoms with Crippen molar-refractivity contribution in [1.29, 1.82) is 0 Å². The quantitative estimate of drug-likeness (QED) is 0.155. The van der Waals surface area contributed by atoms with Gasteiger partial charge in [-0.15, -0.1) is 0 Å². The molecule has 1 atom stereocenters. The Kier molecular flexibility index (Phi) is 8.31. The number of rotatable bonds is 4. The Labute approximate surface area is 397 Å². The predicted octanol–water partition coefficient (Wildman–Crippen LogP) is 19.0. The number of benzene rings is 11. The Morgan fingerprint density at radius 1 is 0.353 bits per heavy atom. The summed E-state index contributed by atoms with van der Waals surface area (Å²) < 4.78 is 0. The predicted molar refractivity (Wildman–Crippen MR) is 296 cm³/mol. The summed E-state index contributed by atoms with van der Waals surface area (Å²) in [4.78, 5) is 0. The van der Waals surface area contributed by atoms with E-state index in [1.165, 1.54) is 170 Å². The molecule has 0 aliphatic heterocycles. The molecule has 0 amide bonds. The van der Waals surface area contributed by atoms with Crippen molar-refractivity contribution in [3.05, 3.63) is 220 Å². The summed E-state index contributed by atoms with van der Waals surface area (Å²) in [6.07, 6.45) is 5.92. The Morgan fingerprint density at radius 2 is 1.03 bits per heavy atom. The number of allylic oxidation sites excluding steroid dienone is 1. The number of fused-ring (bicyclic) bond motifs is 11. The summed E-state index contributed by atoms with van der Waals surface area (Å²) in [5, 5.41) is 21.5. The molecule has 0 nitrogen and oxygen atoms in total. The van der Waals surface area contributed by atoms with Crippen molar-refractivity contribution in [2.75, 3.05) is 0 Å². The standard InChI is InChI=1S/C68H50/c1-37-31-54-53-35-47(60-40(4)17-13-18-41(60)5)28-30-49(53)55-36-58-65(50-24-14-22-43-19-10-11-23-48(43)50)68-61-42(6)25-29-51-52-34-46(59-38(2)15-12-16-39(59)3)27-26-45(52)33-57(64(51)61)67(68)62(44-20-8-7-9-21-44)66(58)56(32-37)63(54)55/h7-33,35-36,46H,34H2,1-6H3. The number of aryl methyl sites for hydroxylation is 6. The van der Waals surface area contributed by atoms with Gasteiger partial charge in [0.15, 0.2) is 0 Å². The highest BCUT2D eigenvalue weighted by Crippen LogP contribution is 2.57. The lowest BCUT2D eigenvalue weighted by molar-refractivity contribution is 0.818. The molecule has 13 aromatic rings. The van der Waals surface area contributed by atoms with Gasteiger partial charge in [0.25, 0.3) is 0 Å². The second kappa shape index (κ2) is 14.4. The fraction of sp³-hybridized carbons (Fsp3) is 0.118. The molecule has 1 aliphatic carbocycles. The summed E-state index contributed by atoms with van der Waals surface area (Å²) in [5.41, 5.74) is 20.1. The monoisotopic (exact) mass is 866 g/mol. The molecular weight excluding hydrogens is 817 g/mol. The average molecular weight is 867 g/mol. The topological polar surface area (TPSA) is 0 Å². The molecule has 0 fully saturated rings. The first-order valence-electron chi connectivity index (χ1n) is 24.4. The van der Waals surface area contributed by atoms with Crippen molar-refractivity contribution in [2.24, 2.45) is 0 Å². The highest BCUT2D eigenvalue weighted by atomic mass is 14.3. The maximum absolute atomic E-state index is 2.60. The van der Waals surface area contributed by atoms with Gasteiger partial charge in [0.05, 0.1) is 0 Å². The van der Waals surface area contributed by atoms with Crippen molar-refractivity contribution in [3.8, 4) is 33.4 Å². The van der Waals surface area contributed by atoms with Gasteiger partial charge in [-0.3, -0.25) is 0 Å². The van der Waals surface area contributed by atoms with E-state index < -0.39 is 0 Å². The molecule has 0 radical (unpaired) electrons. The summed E-state index contributed by atoms with van der Waals surface area (Å²) >= 11 is 0. The molecule has 13 aromatic carbocycles. The van der Waals surface area contributed by atoms with Gasteiger partial charge in [-0.25, -0.2) is 0 Å². The van der Waals surface area contributed by atoms with Crippen LogP contribution in [-0.2, 0) is 6.42 Å². The van der Waals surface area contributed by atoms with E-state index in [4.69, 9.17) is 0 Å². The fourth-order valence-corrected chi connectivity index (χ4v) is 13.4. The van der Waals surface area contributed by atoms with Crippen LogP contribution in [0.25, 0.3) is 126 Å². The molecule has 1 aliphatic rings. The van der Waals surface area contributed by atoms with Crippen LogP contribution >= 0.6 is 0 Å². The van der Waals surface area contributed by atoms with E-state index in [2.05, 4.69) is 217 Å². The number of hydrogen-bond donors (Lipinski definition) is 0. The zero-order valence-electron chi connectivity index (χ0n) is 39.5. The molecule has 0 bridgehead atoms. The van der Waals surface area contributed by atoms with Crippen molar-refractivity contribution in [2.45, 2.75) is 53.9 Å². The fourth-order valence-electron chi connectivity index (χ4n) is 13.4. The Morgan fingerprint density at radius 3 is 1.84 bits per heavy atom. The van der Waals surface area contributed by atoms with Crippen molar-refractivity contribution >= 4 is 92.3 Å². The van der Waals surface area contributed by atoms with Crippen LogP contribution in [-0.4, -0.2) is 0 Å². The van der Waals surface area contributed by atoms with E-state index in [0.717, 1.165) is 6.42 Å². The number of hydrogen-bond acceptors (Lipinski definition) is 0. The summed E-state index contributed by atoms with van der Waals surface area (Å²) in [6, 6.07) is 63.0. The minimum Gasteiger partial charge on any atom is -0.0760 e. The van der Waals surface area contributed by atoms with Gasteiger partial charge >= 0.3 is 0 Å². The maximum Gasteiger partial charge on any atom is 0.00673 e. The minimum atomic E-state index is 0.326. The van der Waals surface area contributed by atoms with Gasteiger partial charge in [0.1, 0.15) is 0 Å². The first-order valence-corrected chi connectivity index (χ1v) is 24.4. The highest BCUT2D eigenvalue weighted by molar-refractivity contribution is 6.46. The van der Waals surface area contributed by atoms with Crippen LogP contribution in [0.2, 0.25) is 0 Å². The van der Waals surface area contributed by atoms with E-state index in [-0.39, 0.29) is 0 Å². The van der Waals surface area contributed by atoms with E-state index in [1.54, 1.807) is 0 Å². The first-order chi connectivity index (χ1) is 33.2. The Balaban J connectivity index is 1.21. The lowest BCUT2D eigenvalue weighted by Gasteiger charge is -2.25. The van der Waals surface area contributed by atoms with Crippen LogP contribution in [0, 0.1) is 41.5 Å². The third-order valence-electron chi connectivity index (χ3n) is 16.2. The molecule has 14 rings (SSSR count). The van der Waals surface area contributed by atoms with Crippen LogP contribution in [0.3, 0.4) is 0 Å². The second-order valence-electron chi connectivity index (χ2n) is 20.1. The Bertz CT molecular complexity index is 4280. The van der Waals surface area contributed by atoms with Gasteiger partial charge in [-0.1, -0.05) is 158 Å². The third-order valence-corrected chi connectivity index (χ3v) is 16.2. The lowest BCUT2D eigenvalue weighted by atomic mass is 9.79. The van der Waals surface area contributed by atoms with Gasteiger partial charge in [0.2, 0.25) is 0 Å². The molecule has 0 heteroatoms. The van der Waals surface area contributed by atoms with Gasteiger partial charge < -0.3 is 0 Å². The average Bonchev–Trinajstić information content (AvgIpc) is 3.85. The molecule has 0 aromatic heterocycles.